The van der Waals surface area contributed by atoms with Crippen LogP contribution in [0.3, 0.4) is 0 Å². The molecule has 3 aromatic rings. The summed E-state index contributed by atoms with van der Waals surface area (Å²) in [5, 5.41) is 24.7. The van der Waals surface area contributed by atoms with Crippen molar-refractivity contribution >= 4 is 11.6 Å². The van der Waals surface area contributed by atoms with Gasteiger partial charge < -0.3 is 25.6 Å². The molecular formula is C24H31N5O3. The van der Waals surface area contributed by atoms with Gasteiger partial charge in [-0.25, -0.2) is 15.0 Å². The summed E-state index contributed by atoms with van der Waals surface area (Å²) in [4.78, 5) is 13.0. The molecule has 8 nitrogen and oxygen atoms in total. The Hall–Kier alpha value is -3.23. The normalized spacial score (nSPS) is 13.8. The van der Waals surface area contributed by atoms with Crippen molar-refractivity contribution in [3.05, 3.63) is 60.6 Å². The fourth-order valence-corrected chi connectivity index (χ4v) is 3.34. The Morgan fingerprint density at radius 1 is 0.969 bits per heavy atom. The third kappa shape index (κ3) is 6.15. The molecule has 1 aromatic carbocycles. The van der Waals surface area contributed by atoms with E-state index in [4.69, 9.17) is 9.84 Å². The zero-order chi connectivity index (χ0) is 22.9. The Morgan fingerprint density at radius 3 is 2.47 bits per heavy atom. The molecule has 0 aliphatic rings. The van der Waals surface area contributed by atoms with Gasteiger partial charge in [-0.05, 0) is 35.6 Å². The molecule has 2 heterocycles. The number of rotatable bonds is 11. The Morgan fingerprint density at radius 2 is 1.75 bits per heavy atom. The Labute approximate surface area is 188 Å². The lowest BCUT2D eigenvalue weighted by Crippen LogP contribution is -2.23. The van der Waals surface area contributed by atoms with E-state index in [9.17, 15) is 5.11 Å². The molecule has 0 saturated heterocycles. The molecule has 1 unspecified atom stereocenters. The van der Waals surface area contributed by atoms with E-state index in [1.165, 1.54) is 11.9 Å². The number of hydrogen-bond donors (Lipinski definition) is 4. The predicted molar refractivity (Wildman–Crippen MR) is 126 cm³/mol. The van der Waals surface area contributed by atoms with Crippen LogP contribution in [0.15, 0.2) is 55.0 Å². The van der Waals surface area contributed by atoms with Crippen LogP contribution < -0.4 is 15.4 Å². The van der Waals surface area contributed by atoms with E-state index in [2.05, 4.69) is 45.5 Å². The van der Waals surface area contributed by atoms with Crippen molar-refractivity contribution in [2.75, 3.05) is 37.4 Å². The van der Waals surface area contributed by atoms with Crippen LogP contribution in [0.1, 0.15) is 25.3 Å². The van der Waals surface area contributed by atoms with Crippen LogP contribution in [0.4, 0.5) is 11.6 Å². The fourth-order valence-electron chi connectivity index (χ4n) is 3.34. The molecule has 3 atom stereocenters. The Kier molecular flexibility index (Phi) is 8.35. The second-order valence-corrected chi connectivity index (χ2v) is 7.83. The smallest absolute Gasteiger partial charge is 0.129 e. The zero-order valence-electron chi connectivity index (χ0n) is 18.7. The number of benzene rings is 1. The SMILES string of the molecule is COc1ccccc1C(C)[C@H](C)CNc1cc(-c2ccc(NC[C@H](O)CO)nc2)ncn1. The van der Waals surface area contributed by atoms with Gasteiger partial charge in [0.15, 0.2) is 0 Å². The number of nitrogens with zero attached hydrogens (tertiary/aromatic N) is 3. The van der Waals surface area contributed by atoms with Crippen molar-refractivity contribution in [1.82, 2.24) is 15.0 Å². The maximum absolute atomic E-state index is 9.43. The van der Waals surface area contributed by atoms with Crippen molar-refractivity contribution in [2.45, 2.75) is 25.9 Å². The van der Waals surface area contributed by atoms with Crippen molar-refractivity contribution in [2.24, 2.45) is 5.92 Å². The first-order chi connectivity index (χ1) is 15.5. The number of anilines is 2. The summed E-state index contributed by atoms with van der Waals surface area (Å²) in [6, 6.07) is 13.7. The third-order valence-corrected chi connectivity index (χ3v) is 5.54. The fraction of sp³-hybridized carbons (Fsp3) is 0.375. The molecule has 32 heavy (non-hydrogen) atoms. The van der Waals surface area contributed by atoms with Crippen LogP contribution >= 0.6 is 0 Å². The first-order valence-corrected chi connectivity index (χ1v) is 10.7. The van der Waals surface area contributed by atoms with Gasteiger partial charge in [0, 0.05) is 30.9 Å². The summed E-state index contributed by atoms with van der Waals surface area (Å²) < 4.78 is 5.51. The molecule has 170 valence electrons. The number of pyridine rings is 1. The Bertz CT molecular complexity index is 983. The molecule has 0 bridgehead atoms. The van der Waals surface area contributed by atoms with Gasteiger partial charge in [-0.15, -0.1) is 0 Å². The van der Waals surface area contributed by atoms with Crippen LogP contribution in [-0.2, 0) is 0 Å². The average Bonchev–Trinajstić information content (AvgIpc) is 2.85. The number of aliphatic hydroxyl groups is 2. The molecule has 0 fully saturated rings. The molecule has 0 amide bonds. The van der Waals surface area contributed by atoms with Gasteiger partial charge >= 0.3 is 0 Å². The summed E-state index contributed by atoms with van der Waals surface area (Å²) in [6.45, 7) is 5.10. The average molecular weight is 438 g/mol. The Balaban J connectivity index is 1.61. The molecule has 8 heteroatoms. The van der Waals surface area contributed by atoms with Gasteiger partial charge in [0.25, 0.3) is 0 Å². The van der Waals surface area contributed by atoms with Crippen molar-refractivity contribution < 1.29 is 14.9 Å². The summed E-state index contributed by atoms with van der Waals surface area (Å²) in [6.07, 6.45) is 2.43. The number of hydrogen-bond acceptors (Lipinski definition) is 8. The molecule has 2 aromatic heterocycles. The second kappa shape index (κ2) is 11.4. The highest BCUT2D eigenvalue weighted by atomic mass is 16.5. The quantitative estimate of drug-likeness (QED) is 0.362. The topological polar surface area (TPSA) is 112 Å². The molecule has 0 aliphatic carbocycles. The van der Waals surface area contributed by atoms with Crippen LogP contribution in [0, 0.1) is 5.92 Å². The zero-order valence-corrected chi connectivity index (χ0v) is 18.7. The maximum atomic E-state index is 9.43. The lowest BCUT2D eigenvalue weighted by molar-refractivity contribution is 0.105. The monoisotopic (exact) mass is 437 g/mol. The predicted octanol–water partition coefficient (Wildman–Crippen LogP) is 3.16. The molecular weight excluding hydrogens is 406 g/mol. The number of methoxy groups -OCH3 is 1. The summed E-state index contributed by atoms with van der Waals surface area (Å²) in [5.74, 6) is 2.95. The van der Waals surface area contributed by atoms with Crippen LogP contribution in [0.2, 0.25) is 0 Å². The van der Waals surface area contributed by atoms with Crippen LogP contribution in [-0.4, -0.2) is 58.1 Å². The van der Waals surface area contributed by atoms with E-state index in [1.807, 2.05) is 36.4 Å². The third-order valence-electron chi connectivity index (χ3n) is 5.54. The number of para-hydroxylation sites is 1. The maximum Gasteiger partial charge on any atom is 0.129 e. The van der Waals surface area contributed by atoms with Gasteiger partial charge in [-0.2, -0.15) is 0 Å². The van der Waals surface area contributed by atoms with Gasteiger partial charge in [-0.1, -0.05) is 32.0 Å². The standard InChI is InChI=1S/C24H31N5O3/c1-16(17(2)20-6-4-5-7-22(20)32-3)11-25-24-10-21(28-15-29-24)18-8-9-23(26-12-18)27-13-19(31)14-30/h4-10,12,15-17,19,30-31H,11,13-14H2,1-3H3,(H,26,27)(H,25,28,29)/t16-,17?,19+/m1/s1. The van der Waals surface area contributed by atoms with Gasteiger partial charge in [0.2, 0.25) is 0 Å². The minimum Gasteiger partial charge on any atom is -0.496 e. The van der Waals surface area contributed by atoms with Crippen LogP contribution in [0.25, 0.3) is 11.3 Å². The van der Waals surface area contributed by atoms with E-state index in [0.29, 0.717) is 17.7 Å². The number of aliphatic hydroxyl groups excluding tert-OH is 2. The summed E-state index contributed by atoms with van der Waals surface area (Å²) >= 11 is 0. The van der Waals surface area contributed by atoms with Crippen molar-refractivity contribution in [1.29, 1.82) is 0 Å². The van der Waals surface area contributed by atoms with Crippen molar-refractivity contribution in [3.63, 3.8) is 0 Å². The molecule has 4 N–H and O–H groups in total. The minimum atomic E-state index is -0.819. The molecule has 0 radical (unpaired) electrons. The van der Waals surface area contributed by atoms with Gasteiger partial charge in [0.1, 0.15) is 23.7 Å². The second-order valence-electron chi connectivity index (χ2n) is 7.83. The number of nitrogens with one attached hydrogen (secondary N) is 2. The van der Waals surface area contributed by atoms with E-state index >= 15 is 0 Å². The summed E-state index contributed by atoms with van der Waals surface area (Å²) in [5.41, 5.74) is 2.82. The lowest BCUT2D eigenvalue weighted by atomic mass is 9.88. The highest BCUT2D eigenvalue weighted by molar-refractivity contribution is 5.62. The van der Waals surface area contributed by atoms with Gasteiger partial charge in [-0.3, -0.25) is 0 Å². The first kappa shape index (κ1) is 23.4. The van der Waals surface area contributed by atoms with E-state index in [1.54, 1.807) is 13.3 Å². The highest BCUT2D eigenvalue weighted by Gasteiger charge is 2.18. The first-order valence-electron chi connectivity index (χ1n) is 10.7. The van der Waals surface area contributed by atoms with E-state index in [0.717, 1.165) is 29.4 Å². The molecule has 3 rings (SSSR count). The largest absolute Gasteiger partial charge is 0.496 e. The molecule has 0 aliphatic heterocycles. The molecule has 0 saturated carbocycles. The number of ether oxygens (including phenoxy) is 1. The van der Waals surface area contributed by atoms with Gasteiger partial charge in [0.05, 0.1) is 25.5 Å². The molecule has 0 spiro atoms. The summed E-state index contributed by atoms with van der Waals surface area (Å²) in [7, 11) is 1.70. The van der Waals surface area contributed by atoms with Crippen molar-refractivity contribution in [3.8, 4) is 17.0 Å². The van der Waals surface area contributed by atoms with E-state index < -0.39 is 6.10 Å². The minimum absolute atomic E-state index is 0.232. The number of aromatic nitrogens is 3. The lowest BCUT2D eigenvalue weighted by Gasteiger charge is -2.23. The highest BCUT2D eigenvalue weighted by Crippen LogP contribution is 2.31. The van der Waals surface area contributed by atoms with E-state index in [-0.39, 0.29) is 13.2 Å². The van der Waals surface area contributed by atoms with Crippen LogP contribution in [0.5, 0.6) is 5.75 Å².